The van der Waals surface area contributed by atoms with Gasteiger partial charge in [0.05, 0.1) is 11.6 Å². The molecule has 3 aromatic rings. The minimum Gasteiger partial charge on any atom is -0.376 e. The SMILES string of the molecule is CC(O)(c1ccc(Nc2nn(C3CCCCC3)c3cc[nH]c(=O)c23)cc1)C(F)(F)F. The molecule has 0 aliphatic heterocycles. The Morgan fingerprint density at radius 1 is 1.13 bits per heavy atom. The number of aromatic nitrogens is 3. The number of aliphatic hydroxyl groups is 1. The number of halogens is 3. The first-order valence-corrected chi connectivity index (χ1v) is 9.95. The van der Waals surface area contributed by atoms with Gasteiger partial charge in [-0.1, -0.05) is 31.4 Å². The third kappa shape index (κ3) is 3.58. The average Bonchev–Trinajstić information content (AvgIpc) is 3.08. The number of hydrogen-bond acceptors (Lipinski definition) is 4. The Balaban J connectivity index is 1.68. The fourth-order valence-electron chi connectivity index (χ4n) is 3.97. The largest absolute Gasteiger partial charge is 0.421 e. The van der Waals surface area contributed by atoms with E-state index in [1.807, 2.05) is 10.7 Å². The summed E-state index contributed by atoms with van der Waals surface area (Å²) in [4.78, 5) is 15.1. The van der Waals surface area contributed by atoms with Gasteiger partial charge in [-0.2, -0.15) is 18.3 Å². The molecule has 0 spiro atoms. The van der Waals surface area contributed by atoms with Gasteiger partial charge in [-0.15, -0.1) is 0 Å². The monoisotopic (exact) mass is 420 g/mol. The van der Waals surface area contributed by atoms with Gasteiger partial charge < -0.3 is 15.4 Å². The van der Waals surface area contributed by atoms with Crippen LogP contribution in [-0.4, -0.2) is 26.0 Å². The van der Waals surface area contributed by atoms with E-state index in [0.29, 0.717) is 23.8 Å². The number of hydrogen-bond donors (Lipinski definition) is 3. The van der Waals surface area contributed by atoms with E-state index < -0.39 is 11.8 Å². The summed E-state index contributed by atoms with van der Waals surface area (Å²) in [6.07, 6.45) is 2.19. The summed E-state index contributed by atoms with van der Waals surface area (Å²) in [5.74, 6) is 0.354. The molecule has 2 aromatic heterocycles. The normalized spacial score (nSPS) is 17.8. The highest BCUT2D eigenvalue weighted by Gasteiger charge is 2.51. The predicted octanol–water partition coefficient (Wildman–Crippen LogP) is 4.74. The first-order chi connectivity index (χ1) is 14.2. The Labute approximate surface area is 170 Å². The predicted molar refractivity (Wildman–Crippen MR) is 108 cm³/mol. The molecular weight excluding hydrogens is 397 g/mol. The van der Waals surface area contributed by atoms with Crippen LogP contribution in [0.3, 0.4) is 0 Å². The van der Waals surface area contributed by atoms with Crippen LogP contribution in [0.4, 0.5) is 24.7 Å². The molecule has 0 radical (unpaired) electrons. The van der Waals surface area contributed by atoms with Crippen LogP contribution in [0, 0.1) is 0 Å². The Morgan fingerprint density at radius 2 is 1.80 bits per heavy atom. The number of H-pyrrole nitrogens is 1. The number of rotatable bonds is 4. The van der Waals surface area contributed by atoms with Crippen molar-refractivity contribution in [2.45, 2.75) is 56.8 Å². The van der Waals surface area contributed by atoms with Crippen LogP contribution in [0.2, 0.25) is 0 Å². The van der Waals surface area contributed by atoms with E-state index in [2.05, 4.69) is 15.4 Å². The summed E-state index contributed by atoms with van der Waals surface area (Å²) in [6.45, 7) is 0.717. The highest BCUT2D eigenvalue weighted by molar-refractivity contribution is 5.91. The second-order valence-electron chi connectivity index (χ2n) is 7.92. The van der Waals surface area contributed by atoms with Gasteiger partial charge >= 0.3 is 6.18 Å². The highest BCUT2D eigenvalue weighted by Crippen LogP contribution is 2.39. The zero-order valence-electron chi connectivity index (χ0n) is 16.5. The Morgan fingerprint density at radius 3 is 2.43 bits per heavy atom. The molecule has 1 aliphatic carbocycles. The summed E-state index contributed by atoms with van der Waals surface area (Å²) in [5.41, 5.74) is -2.30. The van der Waals surface area contributed by atoms with Crippen LogP contribution in [0.5, 0.6) is 0 Å². The summed E-state index contributed by atoms with van der Waals surface area (Å²) >= 11 is 0. The number of fused-ring (bicyclic) bond motifs is 1. The van der Waals surface area contributed by atoms with Crippen molar-refractivity contribution in [3.05, 3.63) is 52.4 Å². The second kappa shape index (κ2) is 7.46. The average molecular weight is 420 g/mol. The van der Waals surface area contributed by atoms with Crippen molar-refractivity contribution in [2.75, 3.05) is 5.32 Å². The van der Waals surface area contributed by atoms with E-state index in [1.54, 1.807) is 6.20 Å². The highest BCUT2D eigenvalue weighted by atomic mass is 19.4. The number of benzene rings is 1. The number of pyridine rings is 1. The molecule has 4 rings (SSSR count). The van der Waals surface area contributed by atoms with Crippen LogP contribution in [0.1, 0.15) is 50.6 Å². The van der Waals surface area contributed by atoms with Crippen LogP contribution < -0.4 is 10.9 Å². The van der Waals surface area contributed by atoms with Crippen molar-refractivity contribution in [2.24, 2.45) is 0 Å². The smallest absolute Gasteiger partial charge is 0.376 e. The molecule has 1 atom stereocenters. The summed E-state index contributed by atoms with van der Waals surface area (Å²) in [7, 11) is 0. The lowest BCUT2D eigenvalue weighted by Crippen LogP contribution is -2.39. The van der Waals surface area contributed by atoms with Gasteiger partial charge in [-0.25, -0.2) is 0 Å². The van der Waals surface area contributed by atoms with Gasteiger partial charge in [0.1, 0.15) is 5.39 Å². The van der Waals surface area contributed by atoms with Gasteiger partial charge in [0, 0.05) is 11.9 Å². The van der Waals surface area contributed by atoms with Crippen molar-refractivity contribution in [1.29, 1.82) is 0 Å². The zero-order chi connectivity index (χ0) is 21.5. The van der Waals surface area contributed by atoms with Gasteiger partial charge in [0.25, 0.3) is 5.56 Å². The lowest BCUT2D eigenvalue weighted by atomic mass is 9.95. The molecule has 30 heavy (non-hydrogen) atoms. The first kappa shape index (κ1) is 20.5. The standard InChI is InChI=1S/C21H23F3N4O2/c1-20(30,21(22,23)24)13-7-9-14(10-8-13)26-18-17-16(11-12-25-19(17)29)28(27-18)15-5-3-2-4-6-15/h7-12,15,30H,2-6H2,1H3,(H,25,29)(H,26,27). The molecule has 6 nitrogen and oxygen atoms in total. The Kier molecular flexibility index (Phi) is 5.09. The van der Waals surface area contributed by atoms with Crippen LogP contribution >= 0.6 is 0 Å². The van der Waals surface area contributed by atoms with Gasteiger partial charge in [-0.3, -0.25) is 9.48 Å². The molecule has 1 fully saturated rings. The second-order valence-corrected chi connectivity index (χ2v) is 7.92. The summed E-state index contributed by atoms with van der Waals surface area (Å²) in [6, 6.07) is 7.30. The molecule has 1 aromatic carbocycles. The minimum absolute atomic E-state index is 0.211. The van der Waals surface area contributed by atoms with E-state index in [-0.39, 0.29) is 17.2 Å². The molecule has 3 N–H and O–H groups in total. The molecule has 0 saturated heterocycles. The first-order valence-electron chi connectivity index (χ1n) is 9.95. The molecule has 0 amide bonds. The van der Waals surface area contributed by atoms with E-state index in [4.69, 9.17) is 0 Å². The number of aromatic amines is 1. The van der Waals surface area contributed by atoms with E-state index >= 15 is 0 Å². The maximum absolute atomic E-state index is 13.0. The topological polar surface area (TPSA) is 82.9 Å². The molecule has 9 heteroatoms. The lowest BCUT2D eigenvalue weighted by molar-refractivity contribution is -0.258. The third-order valence-corrected chi connectivity index (χ3v) is 5.81. The van der Waals surface area contributed by atoms with Crippen molar-refractivity contribution >= 4 is 22.4 Å². The van der Waals surface area contributed by atoms with Gasteiger partial charge in [0.15, 0.2) is 11.4 Å². The molecule has 0 bridgehead atoms. The van der Waals surface area contributed by atoms with Crippen LogP contribution in [-0.2, 0) is 5.60 Å². The van der Waals surface area contributed by atoms with Crippen molar-refractivity contribution in [3.8, 4) is 0 Å². The zero-order valence-corrected chi connectivity index (χ0v) is 16.5. The molecular formula is C21H23F3N4O2. The van der Waals surface area contributed by atoms with Crippen LogP contribution in [0.25, 0.3) is 10.9 Å². The quantitative estimate of drug-likeness (QED) is 0.569. The van der Waals surface area contributed by atoms with Crippen molar-refractivity contribution < 1.29 is 18.3 Å². The van der Waals surface area contributed by atoms with E-state index in [1.165, 1.54) is 30.7 Å². The molecule has 1 saturated carbocycles. The number of alkyl halides is 3. The summed E-state index contributed by atoms with van der Waals surface area (Å²) in [5, 5.41) is 17.9. The fourth-order valence-corrected chi connectivity index (χ4v) is 3.97. The van der Waals surface area contributed by atoms with Crippen molar-refractivity contribution in [3.63, 3.8) is 0 Å². The van der Waals surface area contributed by atoms with Crippen molar-refractivity contribution in [1.82, 2.24) is 14.8 Å². The molecule has 1 unspecified atom stereocenters. The number of anilines is 2. The Bertz CT molecular complexity index is 1090. The lowest BCUT2D eigenvalue weighted by Gasteiger charge is -2.26. The number of nitrogens with zero attached hydrogens (tertiary/aromatic N) is 2. The maximum atomic E-state index is 13.0. The minimum atomic E-state index is -4.79. The third-order valence-electron chi connectivity index (χ3n) is 5.81. The molecule has 1 aliphatic rings. The van der Waals surface area contributed by atoms with Gasteiger partial charge in [0.2, 0.25) is 0 Å². The van der Waals surface area contributed by atoms with E-state index in [0.717, 1.165) is 31.2 Å². The summed E-state index contributed by atoms with van der Waals surface area (Å²) < 4.78 is 41.0. The molecule has 2 heterocycles. The number of nitrogens with one attached hydrogen (secondary N) is 2. The van der Waals surface area contributed by atoms with E-state index in [9.17, 15) is 23.1 Å². The van der Waals surface area contributed by atoms with Gasteiger partial charge in [-0.05, 0) is 43.5 Å². The molecule has 160 valence electrons. The van der Waals surface area contributed by atoms with Crippen LogP contribution in [0.15, 0.2) is 41.3 Å². The maximum Gasteiger partial charge on any atom is 0.421 e. The fraction of sp³-hybridized carbons (Fsp3) is 0.429. The Hall–Kier alpha value is -2.81.